The SMILES string of the molecule is CCNC(=NCc1ccc2c(c1)OCCCO2)NCC(C)N1CCOCC1. The number of ether oxygens (including phenoxy) is 3. The zero-order valence-electron chi connectivity index (χ0n) is 16.5. The van der Waals surface area contributed by atoms with Crippen molar-refractivity contribution in [2.45, 2.75) is 32.9 Å². The number of hydrogen-bond donors (Lipinski definition) is 2. The van der Waals surface area contributed by atoms with Crippen LogP contribution in [0.2, 0.25) is 0 Å². The molecule has 0 spiro atoms. The molecule has 1 fully saturated rings. The zero-order chi connectivity index (χ0) is 18.9. The second-order valence-electron chi connectivity index (χ2n) is 6.90. The van der Waals surface area contributed by atoms with Crippen molar-refractivity contribution in [1.29, 1.82) is 0 Å². The fourth-order valence-electron chi connectivity index (χ4n) is 3.21. The molecule has 27 heavy (non-hydrogen) atoms. The fourth-order valence-corrected chi connectivity index (χ4v) is 3.21. The number of nitrogens with zero attached hydrogens (tertiary/aromatic N) is 2. The number of hydrogen-bond acceptors (Lipinski definition) is 5. The van der Waals surface area contributed by atoms with Crippen molar-refractivity contribution in [3.05, 3.63) is 23.8 Å². The van der Waals surface area contributed by atoms with E-state index < -0.39 is 0 Å². The molecule has 3 rings (SSSR count). The van der Waals surface area contributed by atoms with E-state index in [4.69, 9.17) is 19.2 Å². The summed E-state index contributed by atoms with van der Waals surface area (Å²) in [6.07, 6.45) is 0.915. The lowest BCUT2D eigenvalue weighted by atomic mass is 10.2. The number of benzene rings is 1. The van der Waals surface area contributed by atoms with Gasteiger partial charge in [-0.15, -0.1) is 0 Å². The van der Waals surface area contributed by atoms with Gasteiger partial charge in [-0.25, -0.2) is 4.99 Å². The lowest BCUT2D eigenvalue weighted by Crippen LogP contribution is -2.49. The smallest absolute Gasteiger partial charge is 0.191 e. The van der Waals surface area contributed by atoms with E-state index in [0.717, 1.165) is 68.8 Å². The third kappa shape index (κ3) is 6.01. The first-order valence-corrected chi connectivity index (χ1v) is 9.98. The second kappa shape index (κ2) is 10.4. The first kappa shape index (κ1) is 19.8. The maximum atomic E-state index is 5.77. The minimum atomic E-state index is 0.441. The van der Waals surface area contributed by atoms with E-state index in [2.05, 4.69) is 35.4 Å². The number of fused-ring (bicyclic) bond motifs is 1. The van der Waals surface area contributed by atoms with Gasteiger partial charge in [-0.05, 0) is 31.5 Å². The molecule has 0 amide bonds. The van der Waals surface area contributed by atoms with Crippen LogP contribution < -0.4 is 20.1 Å². The van der Waals surface area contributed by atoms with Gasteiger partial charge < -0.3 is 24.8 Å². The van der Waals surface area contributed by atoms with Gasteiger partial charge in [0.1, 0.15) is 0 Å². The van der Waals surface area contributed by atoms with Gasteiger partial charge in [-0.2, -0.15) is 0 Å². The average molecular weight is 377 g/mol. The van der Waals surface area contributed by atoms with E-state index in [9.17, 15) is 0 Å². The molecule has 2 heterocycles. The molecule has 1 atom stereocenters. The number of morpholine rings is 1. The van der Waals surface area contributed by atoms with Gasteiger partial charge in [0.25, 0.3) is 0 Å². The largest absolute Gasteiger partial charge is 0.490 e. The standard InChI is InChI=1S/C20H32N4O3/c1-3-21-20(22-14-16(2)24-7-11-25-12-8-24)23-15-17-5-6-18-19(13-17)27-10-4-9-26-18/h5-6,13,16H,3-4,7-12,14-15H2,1-2H3,(H2,21,22,23). The summed E-state index contributed by atoms with van der Waals surface area (Å²) in [6.45, 7) is 11.6. The monoisotopic (exact) mass is 376 g/mol. The minimum Gasteiger partial charge on any atom is -0.490 e. The normalized spacial score (nSPS) is 19.3. The van der Waals surface area contributed by atoms with Gasteiger partial charge in [0.2, 0.25) is 0 Å². The van der Waals surface area contributed by atoms with Crippen LogP contribution in [0.4, 0.5) is 0 Å². The van der Waals surface area contributed by atoms with E-state index in [1.54, 1.807) is 0 Å². The quantitative estimate of drug-likeness (QED) is 0.581. The van der Waals surface area contributed by atoms with Crippen LogP contribution in [-0.2, 0) is 11.3 Å². The third-order valence-electron chi connectivity index (χ3n) is 4.81. The van der Waals surface area contributed by atoms with Gasteiger partial charge in [0, 0.05) is 38.6 Å². The van der Waals surface area contributed by atoms with Crippen LogP contribution in [0.15, 0.2) is 23.2 Å². The molecule has 7 heteroatoms. The Labute approximate surface area is 162 Å². The van der Waals surface area contributed by atoms with Crippen LogP contribution in [-0.4, -0.2) is 69.5 Å². The van der Waals surface area contributed by atoms with Gasteiger partial charge in [0.15, 0.2) is 17.5 Å². The molecule has 0 radical (unpaired) electrons. The second-order valence-corrected chi connectivity index (χ2v) is 6.90. The Morgan fingerprint density at radius 2 is 1.89 bits per heavy atom. The maximum Gasteiger partial charge on any atom is 0.191 e. The molecule has 2 aliphatic rings. The van der Waals surface area contributed by atoms with Gasteiger partial charge in [0.05, 0.1) is 33.0 Å². The molecule has 150 valence electrons. The van der Waals surface area contributed by atoms with E-state index in [1.807, 2.05) is 12.1 Å². The van der Waals surface area contributed by atoms with Crippen molar-refractivity contribution in [3.63, 3.8) is 0 Å². The highest BCUT2D eigenvalue weighted by molar-refractivity contribution is 5.79. The lowest BCUT2D eigenvalue weighted by molar-refractivity contribution is 0.0211. The highest BCUT2D eigenvalue weighted by Gasteiger charge is 2.17. The van der Waals surface area contributed by atoms with Crippen LogP contribution in [0.5, 0.6) is 11.5 Å². The van der Waals surface area contributed by atoms with Gasteiger partial charge in [-0.1, -0.05) is 6.07 Å². The van der Waals surface area contributed by atoms with E-state index in [-0.39, 0.29) is 0 Å². The molecule has 7 nitrogen and oxygen atoms in total. The molecule has 1 unspecified atom stereocenters. The minimum absolute atomic E-state index is 0.441. The molecule has 0 saturated carbocycles. The van der Waals surface area contributed by atoms with Gasteiger partial charge >= 0.3 is 0 Å². The third-order valence-corrected chi connectivity index (χ3v) is 4.81. The Bertz CT molecular complexity index is 617. The summed E-state index contributed by atoms with van der Waals surface area (Å²) in [5.74, 6) is 2.48. The molecule has 2 N–H and O–H groups in total. The highest BCUT2D eigenvalue weighted by atomic mass is 16.5. The fraction of sp³-hybridized carbons (Fsp3) is 0.650. The molecule has 0 aliphatic carbocycles. The first-order valence-electron chi connectivity index (χ1n) is 9.98. The summed E-state index contributed by atoms with van der Waals surface area (Å²) in [6, 6.07) is 6.50. The summed E-state index contributed by atoms with van der Waals surface area (Å²) in [7, 11) is 0. The van der Waals surface area contributed by atoms with Crippen molar-refractivity contribution in [1.82, 2.24) is 15.5 Å². The van der Waals surface area contributed by atoms with E-state index in [0.29, 0.717) is 25.8 Å². The molecular weight excluding hydrogens is 344 g/mol. The molecule has 1 aromatic carbocycles. The number of aliphatic imine (C=N–C) groups is 1. The highest BCUT2D eigenvalue weighted by Crippen LogP contribution is 2.30. The topological polar surface area (TPSA) is 67.4 Å². The number of nitrogens with one attached hydrogen (secondary N) is 2. The Morgan fingerprint density at radius 3 is 2.67 bits per heavy atom. The Balaban J connectivity index is 1.56. The van der Waals surface area contributed by atoms with Crippen molar-refractivity contribution >= 4 is 5.96 Å². The van der Waals surface area contributed by atoms with Crippen LogP contribution >= 0.6 is 0 Å². The van der Waals surface area contributed by atoms with E-state index in [1.165, 1.54) is 0 Å². The van der Waals surface area contributed by atoms with Crippen molar-refractivity contribution < 1.29 is 14.2 Å². The van der Waals surface area contributed by atoms with Crippen molar-refractivity contribution in [3.8, 4) is 11.5 Å². The summed E-state index contributed by atoms with van der Waals surface area (Å²) >= 11 is 0. The molecule has 0 aromatic heterocycles. The number of rotatable bonds is 6. The van der Waals surface area contributed by atoms with Crippen LogP contribution in [0.25, 0.3) is 0 Å². The van der Waals surface area contributed by atoms with Gasteiger partial charge in [-0.3, -0.25) is 4.90 Å². The maximum absolute atomic E-state index is 5.77. The Morgan fingerprint density at radius 1 is 1.11 bits per heavy atom. The lowest BCUT2D eigenvalue weighted by Gasteiger charge is -2.32. The van der Waals surface area contributed by atoms with Crippen molar-refractivity contribution in [2.75, 3.05) is 52.6 Å². The molecular formula is C20H32N4O3. The zero-order valence-corrected chi connectivity index (χ0v) is 16.5. The average Bonchev–Trinajstić information content (AvgIpc) is 2.95. The summed E-state index contributed by atoms with van der Waals surface area (Å²) in [4.78, 5) is 7.18. The molecule has 1 saturated heterocycles. The van der Waals surface area contributed by atoms with Crippen molar-refractivity contribution in [2.24, 2.45) is 4.99 Å². The summed E-state index contributed by atoms with van der Waals surface area (Å²) in [5.41, 5.74) is 1.11. The Hall–Kier alpha value is -1.99. The van der Waals surface area contributed by atoms with Crippen LogP contribution in [0.1, 0.15) is 25.8 Å². The van der Waals surface area contributed by atoms with E-state index >= 15 is 0 Å². The Kier molecular flexibility index (Phi) is 7.59. The van der Waals surface area contributed by atoms with Crippen LogP contribution in [0, 0.1) is 0 Å². The summed E-state index contributed by atoms with van der Waals surface area (Å²) < 4.78 is 16.9. The predicted molar refractivity (Wildman–Crippen MR) is 107 cm³/mol. The summed E-state index contributed by atoms with van der Waals surface area (Å²) in [5, 5.41) is 6.78. The molecule has 1 aromatic rings. The first-order chi connectivity index (χ1) is 13.3. The molecule has 2 aliphatic heterocycles. The predicted octanol–water partition coefficient (Wildman–Crippen LogP) is 1.62. The molecule has 0 bridgehead atoms. The van der Waals surface area contributed by atoms with Crippen LogP contribution in [0.3, 0.4) is 0 Å². The number of guanidine groups is 1.